The second-order valence-corrected chi connectivity index (χ2v) is 3.16. The van der Waals surface area contributed by atoms with Crippen molar-refractivity contribution < 1.29 is 19.4 Å². The van der Waals surface area contributed by atoms with E-state index >= 15 is 0 Å². The maximum atomic E-state index is 8.63. The monoisotopic (exact) mass is 245 g/mol. The number of hydrogen-bond donors (Lipinski definition) is 1. The Morgan fingerprint density at radius 1 is 1.06 bits per heavy atom. The van der Waals surface area contributed by atoms with Gasteiger partial charge >= 0.3 is 0 Å². The number of methoxy groups -OCH3 is 3. The summed E-state index contributed by atoms with van der Waals surface area (Å²) in [5.41, 5.74) is 0.421. The molecule has 88 valence electrons. The van der Waals surface area contributed by atoms with Crippen molar-refractivity contribution in [2.75, 3.05) is 21.3 Å². The van der Waals surface area contributed by atoms with E-state index in [1.807, 2.05) is 0 Å². The van der Waals surface area contributed by atoms with Crippen LogP contribution in [0.1, 0.15) is 5.56 Å². The Bertz CT molecular complexity index is 406. The predicted molar refractivity (Wildman–Crippen MR) is 60.3 cm³/mol. The molecule has 0 aromatic heterocycles. The van der Waals surface area contributed by atoms with Gasteiger partial charge in [0.2, 0.25) is 0 Å². The van der Waals surface area contributed by atoms with Crippen LogP contribution in [0.4, 0.5) is 0 Å². The van der Waals surface area contributed by atoms with E-state index in [-0.39, 0.29) is 5.17 Å². The van der Waals surface area contributed by atoms with Gasteiger partial charge in [0.05, 0.1) is 26.9 Å². The fraction of sp³-hybridized carbons (Fsp3) is 0.300. The van der Waals surface area contributed by atoms with Gasteiger partial charge in [0.25, 0.3) is 0 Å². The van der Waals surface area contributed by atoms with Crippen molar-refractivity contribution in [2.45, 2.75) is 0 Å². The van der Waals surface area contributed by atoms with Crippen LogP contribution in [-0.4, -0.2) is 31.7 Å². The lowest BCUT2D eigenvalue weighted by Crippen LogP contribution is -2.00. The van der Waals surface area contributed by atoms with Crippen molar-refractivity contribution in [1.29, 1.82) is 0 Å². The summed E-state index contributed by atoms with van der Waals surface area (Å²) in [6.07, 6.45) is 0. The molecule has 0 amide bonds. The van der Waals surface area contributed by atoms with Gasteiger partial charge in [-0.25, -0.2) is 0 Å². The molecule has 6 heteroatoms. The van der Waals surface area contributed by atoms with Crippen LogP contribution in [0.5, 0.6) is 17.2 Å². The molecule has 0 aliphatic rings. The van der Waals surface area contributed by atoms with Crippen molar-refractivity contribution in [3.63, 3.8) is 0 Å². The molecule has 0 unspecified atom stereocenters. The van der Waals surface area contributed by atoms with E-state index in [1.54, 1.807) is 12.1 Å². The fourth-order valence-electron chi connectivity index (χ4n) is 1.24. The lowest BCUT2D eigenvalue weighted by molar-refractivity contribution is 0.320. The zero-order valence-electron chi connectivity index (χ0n) is 9.15. The third-order valence-electron chi connectivity index (χ3n) is 2.02. The van der Waals surface area contributed by atoms with E-state index < -0.39 is 0 Å². The molecule has 0 aliphatic heterocycles. The lowest BCUT2D eigenvalue weighted by Gasteiger charge is -2.12. The van der Waals surface area contributed by atoms with E-state index in [2.05, 4.69) is 5.16 Å². The zero-order chi connectivity index (χ0) is 12.1. The van der Waals surface area contributed by atoms with Crippen molar-refractivity contribution in [3.05, 3.63) is 17.7 Å². The third kappa shape index (κ3) is 2.30. The highest BCUT2D eigenvalue weighted by Crippen LogP contribution is 2.35. The van der Waals surface area contributed by atoms with Crippen molar-refractivity contribution in [3.8, 4) is 17.2 Å². The molecule has 0 spiro atoms. The first-order valence-electron chi connectivity index (χ1n) is 4.35. The van der Waals surface area contributed by atoms with E-state index in [9.17, 15) is 0 Å². The molecule has 16 heavy (non-hydrogen) atoms. The van der Waals surface area contributed by atoms with Crippen LogP contribution < -0.4 is 14.2 Å². The average Bonchev–Trinajstić information content (AvgIpc) is 2.35. The molecule has 0 atom stereocenters. The van der Waals surface area contributed by atoms with Crippen LogP contribution in [0.2, 0.25) is 0 Å². The minimum atomic E-state index is -0.0854. The van der Waals surface area contributed by atoms with Gasteiger partial charge in [0.1, 0.15) is 5.75 Å². The van der Waals surface area contributed by atoms with Crippen LogP contribution >= 0.6 is 11.6 Å². The molecular formula is C10H12ClNO4. The summed E-state index contributed by atoms with van der Waals surface area (Å²) < 4.78 is 15.3. The summed E-state index contributed by atoms with van der Waals surface area (Å²) in [4.78, 5) is 0. The smallest absolute Gasteiger partial charge is 0.179 e. The summed E-state index contributed by atoms with van der Waals surface area (Å²) in [5, 5.41) is 11.4. The number of hydrogen-bond acceptors (Lipinski definition) is 5. The number of ether oxygens (including phenoxy) is 3. The van der Waals surface area contributed by atoms with Gasteiger partial charge in [-0.1, -0.05) is 16.8 Å². The summed E-state index contributed by atoms with van der Waals surface area (Å²) in [6, 6.07) is 3.17. The van der Waals surface area contributed by atoms with Crippen LogP contribution in [0, 0.1) is 0 Å². The van der Waals surface area contributed by atoms with Gasteiger partial charge in [-0.05, 0) is 6.07 Å². The van der Waals surface area contributed by atoms with Crippen LogP contribution in [0.25, 0.3) is 0 Å². The standard InChI is InChI=1S/C10H12ClNO4/c1-14-7-5-9(16-3)8(15-2)4-6(7)10(11)12-13/h4-5,13H,1-3H3. The molecule has 1 aromatic carbocycles. The maximum absolute atomic E-state index is 8.63. The second-order valence-electron chi connectivity index (χ2n) is 2.80. The average molecular weight is 246 g/mol. The molecule has 0 heterocycles. The Hall–Kier alpha value is -1.62. The molecule has 0 aliphatic carbocycles. The number of halogens is 1. The van der Waals surface area contributed by atoms with E-state index in [0.717, 1.165) is 0 Å². The molecular weight excluding hydrogens is 234 g/mol. The first-order chi connectivity index (χ1) is 7.67. The van der Waals surface area contributed by atoms with Gasteiger partial charge < -0.3 is 19.4 Å². The minimum Gasteiger partial charge on any atom is -0.496 e. The first kappa shape index (κ1) is 12.4. The lowest BCUT2D eigenvalue weighted by atomic mass is 10.2. The molecule has 1 rings (SSSR count). The molecule has 1 aromatic rings. The molecule has 0 saturated carbocycles. The van der Waals surface area contributed by atoms with Crippen LogP contribution in [0.15, 0.2) is 17.3 Å². The van der Waals surface area contributed by atoms with Crippen molar-refractivity contribution in [1.82, 2.24) is 0 Å². The highest BCUT2D eigenvalue weighted by atomic mass is 35.5. The SMILES string of the molecule is COc1cc(OC)c(C(Cl)=NO)cc1OC. The first-order valence-corrected chi connectivity index (χ1v) is 4.73. The maximum Gasteiger partial charge on any atom is 0.179 e. The van der Waals surface area contributed by atoms with Crippen LogP contribution in [0.3, 0.4) is 0 Å². The fourth-order valence-corrected chi connectivity index (χ4v) is 1.39. The van der Waals surface area contributed by atoms with Gasteiger partial charge in [0.15, 0.2) is 16.7 Å². The Morgan fingerprint density at radius 2 is 1.56 bits per heavy atom. The molecule has 0 bridgehead atoms. The van der Waals surface area contributed by atoms with E-state index in [4.69, 9.17) is 31.0 Å². The molecule has 0 fully saturated rings. The van der Waals surface area contributed by atoms with E-state index in [1.165, 1.54) is 21.3 Å². The summed E-state index contributed by atoms with van der Waals surface area (Å²) in [5.74, 6) is 1.41. The predicted octanol–water partition coefficient (Wildman–Crippen LogP) is 2.09. The zero-order valence-corrected chi connectivity index (χ0v) is 9.91. The number of oxime groups is 1. The Kier molecular flexibility index (Phi) is 4.25. The van der Waals surface area contributed by atoms with Gasteiger partial charge in [-0.2, -0.15) is 0 Å². The molecule has 0 radical (unpaired) electrons. The highest BCUT2D eigenvalue weighted by molar-refractivity contribution is 6.69. The largest absolute Gasteiger partial charge is 0.496 e. The summed E-state index contributed by atoms with van der Waals surface area (Å²) in [7, 11) is 4.49. The van der Waals surface area contributed by atoms with Crippen molar-refractivity contribution in [2.24, 2.45) is 5.16 Å². The third-order valence-corrected chi connectivity index (χ3v) is 2.29. The molecule has 1 N–H and O–H groups in total. The number of nitrogens with zero attached hydrogens (tertiary/aromatic N) is 1. The van der Waals surface area contributed by atoms with Crippen LogP contribution in [-0.2, 0) is 0 Å². The van der Waals surface area contributed by atoms with Gasteiger partial charge in [-0.15, -0.1) is 0 Å². The highest BCUT2D eigenvalue weighted by Gasteiger charge is 2.15. The molecule has 0 saturated heterocycles. The van der Waals surface area contributed by atoms with E-state index in [0.29, 0.717) is 22.8 Å². The minimum absolute atomic E-state index is 0.0854. The number of benzene rings is 1. The summed E-state index contributed by atoms with van der Waals surface area (Å²) in [6.45, 7) is 0. The topological polar surface area (TPSA) is 60.3 Å². The second kappa shape index (κ2) is 5.46. The normalized spacial score (nSPS) is 11.1. The van der Waals surface area contributed by atoms with Gasteiger partial charge in [0, 0.05) is 6.07 Å². The Labute approximate surface area is 98.2 Å². The Morgan fingerprint density at radius 3 is 2.00 bits per heavy atom. The summed E-state index contributed by atoms with van der Waals surface area (Å²) >= 11 is 5.72. The quantitative estimate of drug-likeness (QED) is 0.501. The molecule has 5 nitrogen and oxygen atoms in total. The van der Waals surface area contributed by atoms with Crippen molar-refractivity contribution >= 4 is 16.8 Å². The Balaban J connectivity index is 3.37. The number of rotatable bonds is 4. The van der Waals surface area contributed by atoms with Gasteiger partial charge in [-0.3, -0.25) is 0 Å².